The zero-order chi connectivity index (χ0) is 23.0. The Bertz CT molecular complexity index is 1260. The zero-order valence-corrected chi connectivity index (χ0v) is 18.8. The maximum Gasteiger partial charge on any atom is 0.155 e. The molecule has 4 rings (SSSR count). The number of hydrogen-bond acceptors (Lipinski definition) is 8. The highest BCUT2D eigenvalue weighted by molar-refractivity contribution is 5.78. The van der Waals surface area contributed by atoms with E-state index in [4.69, 9.17) is 18.6 Å². The minimum absolute atomic E-state index is 0.430. The van der Waals surface area contributed by atoms with Crippen LogP contribution in [0.5, 0.6) is 5.75 Å². The number of nitrogens with zero attached hydrogens (tertiary/aromatic N) is 4. The van der Waals surface area contributed by atoms with Crippen LogP contribution in [0.2, 0.25) is 0 Å². The van der Waals surface area contributed by atoms with Gasteiger partial charge >= 0.3 is 0 Å². The molecular formula is C24H28N4O5. The van der Waals surface area contributed by atoms with Crippen LogP contribution in [-0.4, -0.2) is 73.2 Å². The Morgan fingerprint density at radius 2 is 1.79 bits per heavy atom. The second kappa shape index (κ2) is 11.0. The van der Waals surface area contributed by atoms with Gasteiger partial charge in [-0.25, -0.2) is 4.98 Å². The molecule has 0 bridgehead atoms. The van der Waals surface area contributed by atoms with E-state index < -0.39 is 0 Å². The molecule has 0 atom stereocenters. The highest BCUT2D eigenvalue weighted by Gasteiger charge is 2.10. The molecule has 0 unspecified atom stereocenters. The number of aromatic nitrogens is 2. The Morgan fingerprint density at radius 1 is 1.03 bits per heavy atom. The summed E-state index contributed by atoms with van der Waals surface area (Å²) in [5.41, 5.74) is 2.17. The highest BCUT2D eigenvalue weighted by atomic mass is 16.5. The fourth-order valence-electron chi connectivity index (χ4n) is 3.60. The third kappa shape index (κ3) is 5.51. The van der Waals surface area contributed by atoms with Crippen LogP contribution in [-0.2, 0) is 9.47 Å². The lowest BCUT2D eigenvalue weighted by atomic mass is 10.2. The van der Waals surface area contributed by atoms with Gasteiger partial charge in [-0.1, -0.05) is 17.3 Å². The minimum Gasteiger partial charge on any atom is -0.491 e. The van der Waals surface area contributed by atoms with Gasteiger partial charge in [0.05, 0.1) is 24.9 Å². The largest absolute Gasteiger partial charge is 0.491 e. The maximum absolute atomic E-state index is 9.42. The first-order chi connectivity index (χ1) is 16.2. The van der Waals surface area contributed by atoms with Crippen molar-refractivity contribution in [1.29, 1.82) is 0 Å². The van der Waals surface area contributed by atoms with Crippen molar-refractivity contribution < 1.29 is 23.8 Å². The van der Waals surface area contributed by atoms with Crippen molar-refractivity contribution in [3.63, 3.8) is 0 Å². The van der Waals surface area contributed by atoms with E-state index in [2.05, 4.69) is 15.0 Å². The van der Waals surface area contributed by atoms with E-state index in [0.29, 0.717) is 42.2 Å². The van der Waals surface area contributed by atoms with Gasteiger partial charge in [0.15, 0.2) is 5.76 Å². The molecule has 9 nitrogen and oxygen atoms in total. The Balaban J connectivity index is 1.49. The summed E-state index contributed by atoms with van der Waals surface area (Å²) in [6, 6.07) is 13.0. The lowest BCUT2D eigenvalue weighted by Gasteiger charge is -2.21. The standard InChI is InChI=1S/C24H28N4O5/c1-30-10-7-27(8-11-31-2)9-12-32-19-13-18-14-22(25-17-28(18)16-19)24-15-21(26-29)20-5-3-4-6-23(20)33-24/h3-6,13-17,29H,7-12H2,1-2H3. The molecule has 0 saturated heterocycles. The van der Waals surface area contributed by atoms with E-state index >= 15 is 0 Å². The van der Waals surface area contributed by atoms with Crippen LogP contribution >= 0.6 is 0 Å². The number of rotatable bonds is 11. The lowest BCUT2D eigenvalue weighted by Crippen LogP contribution is -2.34. The number of ether oxygens (including phenoxy) is 3. The number of hydrogen-bond donors (Lipinski definition) is 1. The Morgan fingerprint density at radius 3 is 2.55 bits per heavy atom. The predicted octanol–water partition coefficient (Wildman–Crippen LogP) is 3.01. The molecule has 4 aromatic rings. The molecule has 0 spiro atoms. The average Bonchev–Trinajstić information content (AvgIpc) is 3.26. The number of fused-ring (bicyclic) bond motifs is 2. The number of para-hydroxylation sites is 1. The van der Waals surface area contributed by atoms with Gasteiger partial charge in [-0.15, -0.1) is 0 Å². The van der Waals surface area contributed by atoms with E-state index in [0.717, 1.165) is 36.3 Å². The summed E-state index contributed by atoms with van der Waals surface area (Å²) in [6.45, 7) is 4.30. The Labute approximate surface area is 191 Å². The first-order valence-corrected chi connectivity index (χ1v) is 10.7. The van der Waals surface area contributed by atoms with Crippen molar-refractivity contribution in [2.24, 2.45) is 5.16 Å². The summed E-state index contributed by atoms with van der Waals surface area (Å²) in [5, 5.41) is 14.0. The third-order valence-electron chi connectivity index (χ3n) is 5.37. The SMILES string of the molecule is COCCN(CCOC)CCOc1cc2cc(-c3cc(=NO)c4ccccc4o3)ncn2c1. The summed E-state index contributed by atoms with van der Waals surface area (Å²) in [4.78, 5) is 6.75. The molecule has 33 heavy (non-hydrogen) atoms. The molecule has 3 heterocycles. The van der Waals surface area contributed by atoms with E-state index in [9.17, 15) is 5.21 Å². The second-order valence-corrected chi connectivity index (χ2v) is 7.55. The molecule has 0 aliphatic rings. The van der Waals surface area contributed by atoms with E-state index in [-0.39, 0.29) is 0 Å². The zero-order valence-electron chi connectivity index (χ0n) is 18.8. The molecule has 0 radical (unpaired) electrons. The molecule has 0 aliphatic heterocycles. The van der Waals surface area contributed by atoms with E-state index in [1.807, 2.05) is 47.0 Å². The van der Waals surface area contributed by atoms with Crippen molar-refractivity contribution in [2.75, 3.05) is 53.7 Å². The third-order valence-corrected chi connectivity index (χ3v) is 5.37. The Kier molecular flexibility index (Phi) is 7.56. The number of methoxy groups -OCH3 is 2. The molecule has 3 aromatic heterocycles. The van der Waals surface area contributed by atoms with Crippen molar-refractivity contribution in [3.05, 3.63) is 60.3 Å². The summed E-state index contributed by atoms with van der Waals surface area (Å²) < 4.78 is 24.2. The van der Waals surface area contributed by atoms with Crippen LogP contribution in [0.1, 0.15) is 0 Å². The van der Waals surface area contributed by atoms with Gasteiger partial charge in [0.1, 0.15) is 35.3 Å². The topological polar surface area (TPSA) is 94.0 Å². The molecule has 1 N–H and O–H groups in total. The van der Waals surface area contributed by atoms with Gasteiger partial charge in [-0.3, -0.25) is 4.90 Å². The molecule has 0 aliphatic carbocycles. The predicted molar refractivity (Wildman–Crippen MR) is 123 cm³/mol. The van der Waals surface area contributed by atoms with Crippen molar-refractivity contribution in [3.8, 4) is 17.2 Å². The van der Waals surface area contributed by atoms with Gasteiger partial charge in [-0.05, 0) is 18.2 Å². The molecule has 0 fully saturated rings. The molecule has 174 valence electrons. The summed E-state index contributed by atoms with van der Waals surface area (Å²) in [5.74, 6) is 1.27. The first-order valence-electron chi connectivity index (χ1n) is 10.7. The highest BCUT2D eigenvalue weighted by Crippen LogP contribution is 2.24. The van der Waals surface area contributed by atoms with Crippen molar-refractivity contribution >= 4 is 16.5 Å². The molecule has 0 saturated carbocycles. The molecule has 0 amide bonds. The fraction of sp³-hybridized carbons (Fsp3) is 0.333. The smallest absolute Gasteiger partial charge is 0.155 e. The van der Waals surface area contributed by atoms with Gasteiger partial charge in [0.2, 0.25) is 0 Å². The second-order valence-electron chi connectivity index (χ2n) is 7.55. The quantitative estimate of drug-likeness (QED) is 0.276. The van der Waals surface area contributed by atoms with Crippen molar-refractivity contribution in [1.82, 2.24) is 14.3 Å². The lowest BCUT2D eigenvalue weighted by molar-refractivity contribution is 0.104. The van der Waals surface area contributed by atoms with Crippen LogP contribution in [0.3, 0.4) is 0 Å². The summed E-state index contributed by atoms with van der Waals surface area (Å²) in [6.07, 6.45) is 3.61. The van der Waals surface area contributed by atoms with Crippen LogP contribution in [0.4, 0.5) is 0 Å². The van der Waals surface area contributed by atoms with Gasteiger partial charge in [0.25, 0.3) is 0 Å². The van der Waals surface area contributed by atoms with E-state index in [1.54, 1.807) is 26.6 Å². The first kappa shape index (κ1) is 22.8. The monoisotopic (exact) mass is 452 g/mol. The Hall–Kier alpha value is -3.40. The molecule has 9 heteroatoms. The summed E-state index contributed by atoms with van der Waals surface area (Å²) in [7, 11) is 3.40. The molecular weight excluding hydrogens is 424 g/mol. The normalized spacial score (nSPS) is 12.3. The summed E-state index contributed by atoms with van der Waals surface area (Å²) >= 11 is 0. The average molecular weight is 453 g/mol. The van der Waals surface area contributed by atoms with E-state index in [1.165, 1.54) is 0 Å². The minimum atomic E-state index is 0.430. The van der Waals surface area contributed by atoms with Gasteiger partial charge < -0.3 is 28.2 Å². The van der Waals surface area contributed by atoms with Gasteiger partial charge in [0, 0.05) is 51.4 Å². The fourth-order valence-corrected chi connectivity index (χ4v) is 3.60. The maximum atomic E-state index is 9.42. The van der Waals surface area contributed by atoms with Crippen LogP contribution < -0.4 is 10.1 Å². The van der Waals surface area contributed by atoms with Crippen molar-refractivity contribution in [2.45, 2.75) is 0 Å². The molecule has 1 aromatic carbocycles. The van der Waals surface area contributed by atoms with Crippen LogP contribution in [0, 0.1) is 0 Å². The van der Waals surface area contributed by atoms with Gasteiger partial charge in [-0.2, -0.15) is 0 Å². The number of benzene rings is 1. The van der Waals surface area contributed by atoms with Crippen LogP contribution in [0.25, 0.3) is 27.9 Å². The van der Waals surface area contributed by atoms with Crippen LogP contribution in [0.15, 0.2) is 64.6 Å².